The number of hydrogen-bond donors (Lipinski definition) is 1. The van der Waals surface area contributed by atoms with Crippen molar-refractivity contribution in [2.75, 3.05) is 6.61 Å². The molecule has 23 heavy (non-hydrogen) atoms. The number of aliphatic hydroxyl groups is 1. The van der Waals surface area contributed by atoms with E-state index in [1.54, 1.807) is 0 Å². The first kappa shape index (κ1) is 16.2. The number of aliphatic hydroxyl groups excluding tert-OH is 1. The highest BCUT2D eigenvalue weighted by Gasteiger charge is 2.57. The first-order valence-corrected chi connectivity index (χ1v) is 7.90. The molecule has 2 heterocycles. The number of epoxide rings is 1. The fourth-order valence-electron chi connectivity index (χ4n) is 3.28. The monoisotopic (exact) mass is 322 g/mol. The van der Waals surface area contributed by atoms with Gasteiger partial charge in [-0.15, -0.1) is 0 Å². The van der Waals surface area contributed by atoms with Crippen molar-refractivity contribution < 1.29 is 28.9 Å². The van der Waals surface area contributed by atoms with Gasteiger partial charge in [0.1, 0.15) is 18.3 Å². The summed E-state index contributed by atoms with van der Waals surface area (Å²) in [4.78, 5) is 23.2. The number of carbonyl (C=O) groups excluding carboxylic acids is 2. The van der Waals surface area contributed by atoms with Crippen LogP contribution in [-0.2, 0) is 23.8 Å². The second-order valence-corrected chi connectivity index (χ2v) is 6.67. The second kappa shape index (κ2) is 5.76. The lowest BCUT2D eigenvalue weighted by molar-refractivity contribution is -0.142. The molecule has 0 radical (unpaired) electrons. The average molecular weight is 322 g/mol. The summed E-state index contributed by atoms with van der Waals surface area (Å²) in [5.74, 6) is -0.945. The molecule has 4 atom stereocenters. The van der Waals surface area contributed by atoms with Crippen LogP contribution in [0.1, 0.15) is 40.0 Å². The van der Waals surface area contributed by atoms with Crippen LogP contribution in [0.25, 0.3) is 0 Å². The smallest absolute Gasteiger partial charge is 0.338 e. The van der Waals surface area contributed by atoms with Crippen LogP contribution in [0.15, 0.2) is 22.8 Å². The molecular formula is C17H22O6. The van der Waals surface area contributed by atoms with Crippen molar-refractivity contribution in [2.45, 2.75) is 63.9 Å². The van der Waals surface area contributed by atoms with Gasteiger partial charge in [-0.3, -0.25) is 4.79 Å². The molecule has 126 valence electrons. The number of ether oxygens (including phenoxy) is 3. The minimum Gasteiger partial charge on any atom is -0.461 e. The zero-order valence-electron chi connectivity index (χ0n) is 13.6. The van der Waals surface area contributed by atoms with Crippen LogP contribution in [0.4, 0.5) is 0 Å². The fourth-order valence-corrected chi connectivity index (χ4v) is 3.28. The van der Waals surface area contributed by atoms with Gasteiger partial charge in [-0.05, 0) is 38.3 Å². The molecule has 1 aliphatic carbocycles. The average Bonchev–Trinajstić information content (AvgIpc) is 3.05. The third kappa shape index (κ3) is 3.05. The van der Waals surface area contributed by atoms with Crippen molar-refractivity contribution >= 4 is 11.9 Å². The number of carbonyl (C=O) groups is 2. The summed E-state index contributed by atoms with van der Waals surface area (Å²) in [6, 6.07) is 0. The third-order valence-electron chi connectivity index (χ3n) is 4.92. The zero-order valence-corrected chi connectivity index (χ0v) is 13.6. The van der Waals surface area contributed by atoms with Crippen molar-refractivity contribution in [1.82, 2.24) is 0 Å². The Balaban J connectivity index is 1.93. The molecule has 0 saturated carbocycles. The van der Waals surface area contributed by atoms with E-state index < -0.39 is 29.7 Å². The van der Waals surface area contributed by atoms with Crippen LogP contribution < -0.4 is 0 Å². The van der Waals surface area contributed by atoms with E-state index in [-0.39, 0.29) is 19.1 Å². The molecule has 1 fully saturated rings. The number of rotatable bonds is 2. The Labute approximate surface area is 135 Å². The maximum atomic E-state index is 12.1. The summed E-state index contributed by atoms with van der Waals surface area (Å²) in [6.45, 7) is 5.05. The predicted octanol–water partition coefficient (Wildman–Crippen LogP) is 1.42. The van der Waals surface area contributed by atoms with Gasteiger partial charge in [-0.2, -0.15) is 0 Å². The molecule has 0 aromatic rings. The molecular weight excluding hydrogens is 300 g/mol. The Morgan fingerprint density at radius 3 is 2.96 bits per heavy atom. The van der Waals surface area contributed by atoms with Crippen LogP contribution in [0.3, 0.4) is 0 Å². The molecule has 3 rings (SSSR count). The highest BCUT2D eigenvalue weighted by atomic mass is 16.6. The van der Waals surface area contributed by atoms with E-state index in [2.05, 4.69) is 0 Å². The minimum absolute atomic E-state index is 0.0351. The Hall–Kier alpha value is -1.66. The van der Waals surface area contributed by atoms with Gasteiger partial charge in [0, 0.05) is 13.3 Å². The maximum Gasteiger partial charge on any atom is 0.338 e. The zero-order chi connectivity index (χ0) is 16.8. The first-order valence-electron chi connectivity index (χ1n) is 7.90. The number of hydrogen-bond acceptors (Lipinski definition) is 6. The minimum atomic E-state index is -0.723. The molecule has 3 aliphatic rings. The van der Waals surface area contributed by atoms with Crippen LogP contribution in [0.5, 0.6) is 0 Å². The van der Waals surface area contributed by atoms with Gasteiger partial charge in [0.05, 0.1) is 17.8 Å². The normalized spacial score (nSPS) is 38.9. The lowest BCUT2D eigenvalue weighted by Gasteiger charge is -2.20. The Bertz CT molecular complexity index is 604. The van der Waals surface area contributed by atoms with Gasteiger partial charge in [-0.1, -0.05) is 5.57 Å². The Morgan fingerprint density at radius 1 is 1.52 bits per heavy atom. The van der Waals surface area contributed by atoms with E-state index in [0.29, 0.717) is 11.1 Å². The second-order valence-electron chi connectivity index (χ2n) is 6.67. The predicted molar refractivity (Wildman–Crippen MR) is 80.4 cm³/mol. The standard InChI is InChI=1S/C17H22O6/c1-9-4-5-15-17(3,23-15)14(19)7-11-12(8-21-10(2)18)16(20)22-13(11)6-9/h6,13-15,19H,4-5,7-8H2,1-3H3/b9-6+/t13-,14+,15-,17-/m1/s1. The molecule has 1 saturated heterocycles. The molecule has 0 unspecified atom stereocenters. The summed E-state index contributed by atoms with van der Waals surface area (Å²) in [5, 5.41) is 10.5. The quantitative estimate of drug-likeness (QED) is 0.470. The largest absolute Gasteiger partial charge is 0.461 e. The highest BCUT2D eigenvalue weighted by molar-refractivity contribution is 5.93. The van der Waals surface area contributed by atoms with E-state index in [0.717, 1.165) is 18.4 Å². The third-order valence-corrected chi connectivity index (χ3v) is 4.92. The van der Waals surface area contributed by atoms with Crippen molar-refractivity contribution in [1.29, 1.82) is 0 Å². The molecule has 6 nitrogen and oxygen atoms in total. The maximum absolute atomic E-state index is 12.1. The first-order chi connectivity index (χ1) is 10.8. The lowest BCUT2D eigenvalue weighted by atomic mass is 9.87. The van der Waals surface area contributed by atoms with Gasteiger partial charge < -0.3 is 19.3 Å². The summed E-state index contributed by atoms with van der Waals surface area (Å²) in [5.41, 5.74) is 1.55. The number of fused-ring (bicyclic) bond motifs is 2. The van der Waals surface area contributed by atoms with Crippen molar-refractivity contribution in [3.8, 4) is 0 Å². The highest BCUT2D eigenvalue weighted by Crippen LogP contribution is 2.46. The van der Waals surface area contributed by atoms with Gasteiger partial charge in [0.25, 0.3) is 0 Å². The molecule has 6 heteroatoms. The SMILES string of the molecule is CC(=O)OCC1=C2C[C@H](O)[C@@]3(C)O[C@@H]3CC/C(C)=C/[C@H]2OC1=O. The van der Waals surface area contributed by atoms with Crippen molar-refractivity contribution in [2.24, 2.45) is 0 Å². The number of allylic oxidation sites excluding steroid dienone is 1. The van der Waals surface area contributed by atoms with E-state index in [1.165, 1.54) is 6.92 Å². The summed E-state index contributed by atoms with van der Waals surface area (Å²) >= 11 is 0. The van der Waals surface area contributed by atoms with E-state index in [9.17, 15) is 14.7 Å². The summed E-state index contributed by atoms with van der Waals surface area (Å²) in [6.07, 6.45) is 2.66. The molecule has 0 amide bonds. The molecule has 1 N–H and O–H groups in total. The lowest BCUT2D eigenvalue weighted by Crippen LogP contribution is -2.31. The Morgan fingerprint density at radius 2 is 2.26 bits per heavy atom. The van der Waals surface area contributed by atoms with Crippen LogP contribution in [0.2, 0.25) is 0 Å². The van der Waals surface area contributed by atoms with E-state index in [1.807, 2.05) is 19.9 Å². The molecule has 2 aliphatic heterocycles. The molecule has 0 aromatic heterocycles. The van der Waals surface area contributed by atoms with Crippen LogP contribution >= 0.6 is 0 Å². The van der Waals surface area contributed by atoms with Gasteiger partial charge in [0.15, 0.2) is 0 Å². The van der Waals surface area contributed by atoms with Gasteiger partial charge >= 0.3 is 11.9 Å². The number of esters is 2. The summed E-state index contributed by atoms with van der Waals surface area (Å²) in [7, 11) is 0. The molecule has 0 aromatic carbocycles. The van der Waals surface area contributed by atoms with E-state index >= 15 is 0 Å². The van der Waals surface area contributed by atoms with Gasteiger partial charge in [-0.25, -0.2) is 4.79 Å². The molecule has 0 bridgehead atoms. The van der Waals surface area contributed by atoms with E-state index in [4.69, 9.17) is 14.2 Å². The van der Waals surface area contributed by atoms with Crippen LogP contribution in [0, 0.1) is 0 Å². The topological polar surface area (TPSA) is 85.4 Å². The van der Waals surface area contributed by atoms with Crippen molar-refractivity contribution in [3.05, 3.63) is 22.8 Å². The van der Waals surface area contributed by atoms with Gasteiger partial charge in [0.2, 0.25) is 0 Å². The fraction of sp³-hybridized carbons (Fsp3) is 0.647. The Kier molecular flexibility index (Phi) is 4.06. The summed E-state index contributed by atoms with van der Waals surface area (Å²) < 4.78 is 16.1. The molecule has 0 spiro atoms. The van der Waals surface area contributed by atoms with Crippen LogP contribution in [-0.4, -0.2) is 47.6 Å². The van der Waals surface area contributed by atoms with Crippen molar-refractivity contribution in [3.63, 3.8) is 0 Å².